The molecule has 4 heteroatoms. The van der Waals surface area contributed by atoms with Crippen molar-refractivity contribution >= 4 is 17.3 Å². The van der Waals surface area contributed by atoms with Gasteiger partial charge in [0.15, 0.2) is 5.15 Å². The first-order valence-electron chi connectivity index (χ1n) is 2.48. The minimum atomic E-state index is 0.451. The van der Waals surface area contributed by atoms with E-state index in [0.29, 0.717) is 5.15 Å². The van der Waals surface area contributed by atoms with E-state index in [1.807, 2.05) is 0 Å². The molecule has 1 heterocycles. The van der Waals surface area contributed by atoms with E-state index in [0.717, 1.165) is 5.69 Å². The highest BCUT2D eigenvalue weighted by Crippen LogP contribution is 2.14. The monoisotopic (exact) mass is 143 g/mol. The lowest BCUT2D eigenvalue weighted by molar-refractivity contribution is 1.16. The molecular weight excluding hydrogens is 138 g/mol. The van der Waals surface area contributed by atoms with Crippen LogP contribution in [0.2, 0.25) is 5.15 Å². The molecule has 0 bridgehead atoms. The van der Waals surface area contributed by atoms with Crippen molar-refractivity contribution in [3.63, 3.8) is 0 Å². The topological polar surface area (TPSA) is 37.8 Å². The van der Waals surface area contributed by atoms with E-state index >= 15 is 0 Å². The molecule has 0 spiro atoms. The second-order valence-electron chi connectivity index (χ2n) is 1.48. The molecule has 0 aromatic carbocycles. The fourth-order valence-corrected chi connectivity index (χ4v) is 0.669. The summed E-state index contributed by atoms with van der Waals surface area (Å²) < 4.78 is 0. The molecule has 0 saturated carbocycles. The maximum Gasteiger partial charge on any atom is 0.155 e. The summed E-state index contributed by atoms with van der Waals surface area (Å²) in [6, 6.07) is 0. The Morgan fingerprint density at radius 1 is 1.67 bits per heavy atom. The molecule has 0 amide bonds. The molecule has 0 unspecified atom stereocenters. The fraction of sp³-hybridized carbons (Fsp3) is 0.200. The Hall–Kier alpha value is -0.830. The lowest BCUT2D eigenvalue weighted by Gasteiger charge is -1.97. The predicted octanol–water partition coefficient (Wildman–Crippen LogP) is 1.17. The van der Waals surface area contributed by atoms with Gasteiger partial charge in [-0.25, -0.2) is 9.97 Å². The van der Waals surface area contributed by atoms with Crippen molar-refractivity contribution in [1.82, 2.24) is 9.97 Å². The molecule has 0 aliphatic carbocycles. The molecule has 3 nitrogen and oxygen atoms in total. The van der Waals surface area contributed by atoms with Gasteiger partial charge >= 0.3 is 0 Å². The van der Waals surface area contributed by atoms with Gasteiger partial charge in [-0.2, -0.15) is 0 Å². The second-order valence-corrected chi connectivity index (χ2v) is 1.84. The molecule has 1 N–H and O–H groups in total. The van der Waals surface area contributed by atoms with Crippen LogP contribution in [0.1, 0.15) is 0 Å². The zero-order chi connectivity index (χ0) is 6.69. The lowest BCUT2D eigenvalue weighted by atomic mass is 10.5. The first-order valence-corrected chi connectivity index (χ1v) is 2.85. The predicted molar refractivity (Wildman–Crippen MR) is 36.6 cm³/mol. The van der Waals surface area contributed by atoms with Gasteiger partial charge in [-0.3, -0.25) is 0 Å². The Kier molecular flexibility index (Phi) is 1.85. The summed E-state index contributed by atoms with van der Waals surface area (Å²) in [5.74, 6) is 0. The Morgan fingerprint density at radius 2 is 2.44 bits per heavy atom. The van der Waals surface area contributed by atoms with Crippen LogP contribution >= 0.6 is 11.6 Å². The highest BCUT2D eigenvalue weighted by Gasteiger charge is 1.94. The van der Waals surface area contributed by atoms with Gasteiger partial charge in [0.25, 0.3) is 0 Å². The fourth-order valence-electron chi connectivity index (χ4n) is 0.482. The van der Waals surface area contributed by atoms with Crippen molar-refractivity contribution < 1.29 is 0 Å². The number of anilines is 1. The number of rotatable bonds is 1. The molecule has 0 atom stereocenters. The Labute approximate surface area is 58.1 Å². The minimum Gasteiger partial charge on any atom is -0.384 e. The summed E-state index contributed by atoms with van der Waals surface area (Å²) in [7, 11) is 1.77. The molecule has 1 rings (SSSR count). The Morgan fingerprint density at radius 3 is 2.89 bits per heavy atom. The third-order valence-corrected chi connectivity index (χ3v) is 1.23. The van der Waals surface area contributed by atoms with Gasteiger partial charge in [0.1, 0.15) is 6.33 Å². The van der Waals surface area contributed by atoms with Crippen LogP contribution in [0.3, 0.4) is 0 Å². The summed E-state index contributed by atoms with van der Waals surface area (Å²) in [6.45, 7) is 0. The van der Waals surface area contributed by atoms with Crippen molar-refractivity contribution in [2.75, 3.05) is 12.4 Å². The van der Waals surface area contributed by atoms with E-state index in [2.05, 4.69) is 15.3 Å². The van der Waals surface area contributed by atoms with Crippen molar-refractivity contribution in [3.05, 3.63) is 17.7 Å². The van der Waals surface area contributed by atoms with Gasteiger partial charge in [0, 0.05) is 7.05 Å². The summed E-state index contributed by atoms with van der Waals surface area (Å²) in [4.78, 5) is 7.50. The maximum absolute atomic E-state index is 5.61. The SMILES string of the molecule is CNc1cncnc1Cl. The smallest absolute Gasteiger partial charge is 0.155 e. The quantitative estimate of drug-likeness (QED) is 0.600. The molecule has 0 aliphatic rings. The van der Waals surface area contributed by atoms with E-state index in [1.54, 1.807) is 13.2 Å². The number of hydrogen-bond donors (Lipinski definition) is 1. The third kappa shape index (κ3) is 1.29. The van der Waals surface area contributed by atoms with Crippen molar-refractivity contribution in [1.29, 1.82) is 0 Å². The van der Waals surface area contributed by atoms with Crippen LogP contribution in [-0.4, -0.2) is 17.0 Å². The van der Waals surface area contributed by atoms with Gasteiger partial charge < -0.3 is 5.32 Å². The minimum absolute atomic E-state index is 0.451. The number of hydrogen-bond acceptors (Lipinski definition) is 3. The van der Waals surface area contributed by atoms with Crippen LogP contribution in [0.25, 0.3) is 0 Å². The van der Waals surface area contributed by atoms with Crippen molar-refractivity contribution in [2.24, 2.45) is 0 Å². The molecule has 0 saturated heterocycles. The average Bonchev–Trinajstić information content (AvgIpc) is 1.89. The standard InChI is InChI=1S/C5H6ClN3/c1-7-4-2-8-3-9-5(4)6/h2-3,7H,1H3. The van der Waals surface area contributed by atoms with Crippen LogP contribution < -0.4 is 5.32 Å². The Balaban J connectivity index is 3.01. The molecule has 0 radical (unpaired) electrons. The first kappa shape index (κ1) is 6.29. The van der Waals surface area contributed by atoms with Crippen LogP contribution in [0.15, 0.2) is 12.5 Å². The molecule has 48 valence electrons. The summed E-state index contributed by atoms with van der Waals surface area (Å²) in [5.41, 5.74) is 0.749. The number of nitrogens with zero attached hydrogens (tertiary/aromatic N) is 2. The number of halogens is 1. The van der Waals surface area contributed by atoms with Crippen LogP contribution in [0.5, 0.6) is 0 Å². The molecule has 9 heavy (non-hydrogen) atoms. The van der Waals surface area contributed by atoms with Gasteiger partial charge in [-0.1, -0.05) is 11.6 Å². The zero-order valence-corrected chi connectivity index (χ0v) is 5.68. The van der Waals surface area contributed by atoms with Gasteiger partial charge in [0.05, 0.1) is 11.9 Å². The average molecular weight is 144 g/mol. The van der Waals surface area contributed by atoms with E-state index < -0.39 is 0 Å². The maximum atomic E-state index is 5.61. The van der Waals surface area contributed by atoms with E-state index in [4.69, 9.17) is 11.6 Å². The second kappa shape index (κ2) is 2.64. The van der Waals surface area contributed by atoms with E-state index in [1.165, 1.54) is 6.33 Å². The van der Waals surface area contributed by atoms with Gasteiger partial charge in [-0.15, -0.1) is 0 Å². The molecule has 0 fully saturated rings. The summed E-state index contributed by atoms with van der Waals surface area (Å²) >= 11 is 5.61. The van der Waals surface area contributed by atoms with E-state index in [9.17, 15) is 0 Å². The van der Waals surface area contributed by atoms with Crippen LogP contribution in [0.4, 0.5) is 5.69 Å². The van der Waals surface area contributed by atoms with Crippen molar-refractivity contribution in [3.8, 4) is 0 Å². The first-order chi connectivity index (χ1) is 4.34. The molecule has 1 aromatic heterocycles. The lowest BCUT2D eigenvalue weighted by Crippen LogP contribution is -1.91. The van der Waals surface area contributed by atoms with Crippen molar-refractivity contribution in [2.45, 2.75) is 0 Å². The molecular formula is C5H6ClN3. The normalized spacial score (nSPS) is 9.11. The highest BCUT2D eigenvalue weighted by molar-refractivity contribution is 6.31. The van der Waals surface area contributed by atoms with Crippen LogP contribution in [-0.2, 0) is 0 Å². The third-order valence-electron chi connectivity index (χ3n) is 0.933. The number of aromatic nitrogens is 2. The van der Waals surface area contributed by atoms with E-state index in [-0.39, 0.29) is 0 Å². The van der Waals surface area contributed by atoms with Gasteiger partial charge in [-0.05, 0) is 0 Å². The number of nitrogens with one attached hydrogen (secondary N) is 1. The summed E-state index contributed by atoms with van der Waals surface area (Å²) in [6.07, 6.45) is 3.03. The summed E-state index contributed by atoms with van der Waals surface area (Å²) in [5, 5.41) is 3.29. The Bertz CT molecular complexity index is 201. The molecule has 1 aromatic rings. The van der Waals surface area contributed by atoms with Gasteiger partial charge in [0.2, 0.25) is 0 Å². The molecule has 0 aliphatic heterocycles. The zero-order valence-electron chi connectivity index (χ0n) is 4.93. The largest absolute Gasteiger partial charge is 0.384 e. The van der Waals surface area contributed by atoms with Crippen LogP contribution in [0, 0.1) is 0 Å². The highest BCUT2D eigenvalue weighted by atomic mass is 35.5.